The smallest absolute Gasteiger partial charge is 0.221 e. The van der Waals surface area contributed by atoms with E-state index < -0.39 is 0 Å². The molecule has 0 amide bonds. The first kappa shape index (κ1) is 15.7. The van der Waals surface area contributed by atoms with Crippen LogP contribution < -0.4 is 15.4 Å². The summed E-state index contributed by atoms with van der Waals surface area (Å²) < 4.78 is 10.6. The van der Waals surface area contributed by atoms with Crippen LogP contribution in [0.3, 0.4) is 0 Å². The fraction of sp³-hybridized carbons (Fsp3) is 0.533. The minimum absolute atomic E-state index is 0.0693. The second-order valence-corrected chi connectivity index (χ2v) is 5.56. The van der Waals surface area contributed by atoms with E-state index >= 15 is 0 Å². The highest BCUT2D eigenvalue weighted by molar-refractivity contribution is 5.85. The van der Waals surface area contributed by atoms with Crippen LogP contribution in [0.2, 0.25) is 0 Å². The van der Waals surface area contributed by atoms with Gasteiger partial charge in [0.05, 0.1) is 38.2 Å². The maximum Gasteiger partial charge on any atom is 0.221 e. The van der Waals surface area contributed by atoms with Crippen molar-refractivity contribution in [3.05, 3.63) is 12.3 Å². The average molecular weight is 318 g/mol. The molecule has 0 atom stereocenters. The van der Waals surface area contributed by atoms with E-state index in [9.17, 15) is 0 Å². The fourth-order valence-electron chi connectivity index (χ4n) is 2.76. The largest absolute Gasteiger partial charge is 0.493 e. The van der Waals surface area contributed by atoms with Gasteiger partial charge in [-0.15, -0.1) is 0 Å². The van der Waals surface area contributed by atoms with Crippen molar-refractivity contribution in [3.8, 4) is 5.75 Å². The first-order valence-corrected chi connectivity index (χ1v) is 7.63. The van der Waals surface area contributed by atoms with E-state index in [2.05, 4.69) is 31.5 Å². The van der Waals surface area contributed by atoms with Gasteiger partial charge < -0.3 is 20.1 Å². The van der Waals surface area contributed by atoms with Gasteiger partial charge >= 0.3 is 0 Å². The molecule has 1 aromatic heterocycles. The summed E-state index contributed by atoms with van der Waals surface area (Å²) in [7, 11) is 1.59. The van der Waals surface area contributed by atoms with Crippen LogP contribution in [0.1, 0.15) is 0 Å². The van der Waals surface area contributed by atoms with E-state index in [4.69, 9.17) is 15.2 Å². The lowest BCUT2D eigenvalue weighted by Crippen LogP contribution is -2.56. The third kappa shape index (κ3) is 3.43. The van der Waals surface area contributed by atoms with Crippen molar-refractivity contribution in [2.45, 2.75) is 6.04 Å². The van der Waals surface area contributed by atoms with Gasteiger partial charge in [-0.1, -0.05) is 0 Å². The molecule has 1 aromatic rings. The number of anilines is 1. The molecule has 2 aliphatic heterocycles. The summed E-state index contributed by atoms with van der Waals surface area (Å²) >= 11 is 0. The van der Waals surface area contributed by atoms with Crippen LogP contribution in [-0.4, -0.2) is 75.1 Å². The summed E-state index contributed by atoms with van der Waals surface area (Å²) in [6, 6.07) is 2.53. The summed E-state index contributed by atoms with van der Waals surface area (Å²) in [5, 5.41) is 0. The summed E-state index contributed by atoms with van der Waals surface area (Å²) in [5.41, 5.74) is 6.59. The molecule has 8 nitrogen and oxygen atoms in total. The first-order chi connectivity index (χ1) is 11.2. The molecule has 2 saturated heterocycles. The molecule has 2 N–H and O–H groups in total. The molecule has 0 radical (unpaired) electrons. The molecule has 0 aromatic carbocycles. The number of aromatic nitrogens is 1. The summed E-state index contributed by atoms with van der Waals surface area (Å²) in [5.74, 6) is 1.05. The number of rotatable bonds is 4. The molecule has 0 saturated carbocycles. The van der Waals surface area contributed by atoms with Crippen LogP contribution in [0.4, 0.5) is 11.5 Å². The number of ether oxygens (including phenoxy) is 2. The molecule has 3 heterocycles. The summed E-state index contributed by atoms with van der Waals surface area (Å²) in [6.07, 6.45) is 1.79. The van der Waals surface area contributed by atoms with E-state index in [1.165, 1.54) is 0 Å². The lowest BCUT2D eigenvalue weighted by Gasteiger charge is -2.43. The minimum Gasteiger partial charge on any atom is -0.493 e. The van der Waals surface area contributed by atoms with E-state index in [0.29, 0.717) is 17.6 Å². The molecular weight excluding hydrogens is 296 g/mol. The lowest BCUT2D eigenvalue weighted by molar-refractivity contribution is -0.0660. The SMILES string of the molecule is C=NC(N)=Nc1ncc(N2CCN(C3COC3)CC2)cc1OC. The Morgan fingerprint density at radius 3 is 2.70 bits per heavy atom. The zero-order valence-corrected chi connectivity index (χ0v) is 13.3. The van der Waals surface area contributed by atoms with Gasteiger partial charge in [0.1, 0.15) is 0 Å². The average Bonchev–Trinajstić information content (AvgIpc) is 2.54. The van der Waals surface area contributed by atoms with Crippen molar-refractivity contribution in [2.24, 2.45) is 15.7 Å². The monoisotopic (exact) mass is 318 g/mol. The third-order valence-corrected chi connectivity index (χ3v) is 4.24. The van der Waals surface area contributed by atoms with Crippen molar-refractivity contribution in [3.63, 3.8) is 0 Å². The Kier molecular flexibility index (Phi) is 4.73. The molecule has 0 unspecified atom stereocenters. The highest BCUT2D eigenvalue weighted by Gasteiger charge is 2.29. The number of guanidine groups is 1. The van der Waals surface area contributed by atoms with E-state index in [-0.39, 0.29) is 5.96 Å². The molecule has 124 valence electrons. The third-order valence-electron chi connectivity index (χ3n) is 4.24. The van der Waals surface area contributed by atoms with Crippen molar-refractivity contribution in [2.75, 3.05) is 51.4 Å². The van der Waals surface area contributed by atoms with Crippen molar-refractivity contribution in [1.29, 1.82) is 0 Å². The van der Waals surface area contributed by atoms with Gasteiger partial charge in [-0.3, -0.25) is 4.90 Å². The molecule has 0 bridgehead atoms. The van der Waals surface area contributed by atoms with Gasteiger partial charge in [0.2, 0.25) is 5.96 Å². The Labute approximate surface area is 135 Å². The van der Waals surface area contributed by atoms with Crippen molar-refractivity contribution >= 4 is 24.2 Å². The number of methoxy groups -OCH3 is 1. The molecule has 3 rings (SSSR count). The van der Waals surface area contributed by atoms with Crippen LogP contribution in [0.15, 0.2) is 22.2 Å². The Bertz CT molecular complexity index is 594. The van der Waals surface area contributed by atoms with Gasteiger partial charge in [0, 0.05) is 32.2 Å². The maximum atomic E-state index is 5.57. The Morgan fingerprint density at radius 2 is 2.13 bits per heavy atom. The van der Waals surface area contributed by atoms with Crippen LogP contribution in [0, 0.1) is 0 Å². The Hall–Kier alpha value is -2.19. The topological polar surface area (TPSA) is 88.6 Å². The molecular formula is C15H22N6O2. The molecule has 23 heavy (non-hydrogen) atoms. The quantitative estimate of drug-likeness (QED) is 0.633. The molecule has 0 aliphatic carbocycles. The number of hydrogen-bond donors (Lipinski definition) is 1. The van der Waals surface area contributed by atoms with Gasteiger partial charge in [-0.05, 0) is 6.72 Å². The molecule has 2 aliphatic rings. The maximum absolute atomic E-state index is 5.57. The number of piperazine rings is 1. The van der Waals surface area contributed by atoms with E-state index in [1.54, 1.807) is 13.3 Å². The zero-order chi connectivity index (χ0) is 16.2. The predicted octanol–water partition coefficient (Wildman–Crippen LogP) is 0.258. The molecule has 2 fully saturated rings. The van der Waals surface area contributed by atoms with Crippen LogP contribution in [-0.2, 0) is 4.74 Å². The second kappa shape index (κ2) is 6.93. The zero-order valence-electron chi connectivity index (χ0n) is 13.3. The van der Waals surface area contributed by atoms with Crippen molar-refractivity contribution in [1.82, 2.24) is 9.88 Å². The van der Waals surface area contributed by atoms with Crippen LogP contribution in [0.5, 0.6) is 5.75 Å². The normalized spacial score (nSPS) is 20.2. The van der Waals surface area contributed by atoms with Crippen LogP contribution >= 0.6 is 0 Å². The lowest BCUT2D eigenvalue weighted by atomic mass is 10.1. The van der Waals surface area contributed by atoms with Gasteiger partial charge in [-0.25, -0.2) is 9.98 Å². The highest BCUT2D eigenvalue weighted by atomic mass is 16.5. The standard InChI is InChI=1S/C15H22N6O2/c1-17-15(16)19-14-13(22-2)7-11(8-18-14)20-3-5-21(6-4-20)12-9-23-10-12/h7-8,12H,1,3-6,9-10H2,2H3,(H2,16,18,19). The summed E-state index contributed by atoms with van der Waals surface area (Å²) in [6.45, 7) is 9.04. The number of nitrogens with zero attached hydrogens (tertiary/aromatic N) is 5. The predicted molar refractivity (Wildman–Crippen MR) is 90.0 cm³/mol. The number of nitrogens with two attached hydrogens (primary N) is 1. The van der Waals surface area contributed by atoms with Crippen LogP contribution in [0.25, 0.3) is 0 Å². The van der Waals surface area contributed by atoms with Gasteiger partial charge in [0.15, 0.2) is 11.6 Å². The molecule has 8 heteroatoms. The van der Waals surface area contributed by atoms with E-state index in [0.717, 1.165) is 45.1 Å². The number of hydrogen-bond acceptors (Lipinski definition) is 6. The van der Waals surface area contributed by atoms with E-state index in [1.807, 2.05) is 6.07 Å². The van der Waals surface area contributed by atoms with Gasteiger partial charge in [0.25, 0.3) is 0 Å². The summed E-state index contributed by atoms with van der Waals surface area (Å²) in [4.78, 5) is 16.8. The van der Waals surface area contributed by atoms with Crippen molar-refractivity contribution < 1.29 is 9.47 Å². The number of pyridine rings is 1. The second-order valence-electron chi connectivity index (χ2n) is 5.56. The molecule has 0 spiro atoms. The Balaban J connectivity index is 1.69. The van der Waals surface area contributed by atoms with Gasteiger partial charge in [-0.2, -0.15) is 4.99 Å². The minimum atomic E-state index is 0.0693. The number of aliphatic imine (C=N–C) groups is 2. The Morgan fingerprint density at radius 1 is 1.39 bits per heavy atom. The first-order valence-electron chi connectivity index (χ1n) is 7.63. The highest BCUT2D eigenvalue weighted by Crippen LogP contribution is 2.30. The fourth-order valence-corrected chi connectivity index (χ4v) is 2.76.